The number of nitrogens with one attached hydrogen (secondary N) is 1. The zero-order valence-electron chi connectivity index (χ0n) is 23.1. The number of carbonyl (C=O) groups is 1. The lowest BCUT2D eigenvalue weighted by Crippen LogP contribution is -2.46. The Balaban J connectivity index is 1.31. The average Bonchev–Trinajstić information content (AvgIpc) is 3.62. The Kier molecular flexibility index (Phi) is 6.83. The smallest absolute Gasteiger partial charge is 0.335 e. The molecule has 2 aromatic heterocycles. The van der Waals surface area contributed by atoms with Crippen LogP contribution in [0, 0.1) is 5.82 Å². The van der Waals surface area contributed by atoms with Gasteiger partial charge < -0.3 is 24.8 Å². The highest BCUT2D eigenvalue weighted by Gasteiger charge is 2.31. The third-order valence-electron chi connectivity index (χ3n) is 8.02. The van der Waals surface area contributed by atoms with Crippen LogP contribution in [-0.4, -0.2) is 68.4 Å². The highest BCUT2D eigenvalue weighted by Crippen LogP contribution is 2.44. The van der Waals surface area contributed by atoms with Crippen LogP contribution < -0.4 is 10.2 Å². The van der Waals surface area contributed by atoms with Crippen LogP contribution in [0.5, 0.6) is 0 Å². The maximum Gasteiger partial charge on any atom is 0.335 e. The molecular formula is C31H30FN7O2S. The van der Waals surface area contributed by atoms with E-state index >= 15 is 0 Å². The Bertz CT molecular complexity index is 1790. The number of likely N-dealkylation sites (N-methyl/N-ethyl adjacent to an activating group) is 1. The van der Waals surface area contributed by atoms with Gasteiger partial charge >= 0.3 is 5.97 Å². The predicted molar refractivity (Wildman–Crippen MR) is 163 cm³/mol. The Morgan fingerprint density at radius 1 is 1.05 bits per heavy atom. The zero-order chi connectivity index (χ0) is 28.8. The molecule has 42 heavy (non-hydrogen) atoms. The van der Waals surface area contributed by atoms with Crippen molar-refractivity contribution in [2.45, 2.75) is 25.8 Å². The van der Waals surface area contributed by atoms with Crippen LogP contribution in [-0.2, 0) is 0 Å². The summed E-state index contributed by atoms with van der Waals surface area (Å²) in [6.45, 7) is 6.92. The van der Waals surface area contributed by atoms with Gasteiger partial charge in [-0.25, -0.2) is 14.2 Å². The molecule has 3 aromatic carbocycles. The number of aromatic nitrogens is 4. The fourth-order valence-corrected chi connectivity index (χ4v) is 6.38. The highest BCUT2D eigenvalue weighted by molar-refractivity contribution is 7.18. The predicted octanol–water partition coefficient (Wildman–Crippen LogP) is 6.28. The summed E-state index contributed by atoms with van der Waals surface area (Å²) < 4.78 is 17.2. The molecular weight excluding hydrogens is 553 g/mol. The van der Waals surface area contributed by atoms with Gasteiger partial charge in [0.05, 0.1) is 33.5 Å². The maximum atomic E-state index is 15.0. The molecule has 2 fully saturated rings. The van der Waals surface area contributed by atoms with Gasteiger partial charge in [0.2, 0.25) is 5.13 Å². The van der Waals surface area contributed by atoms with Crippen LogP contribution in [0.25, 0.3) is 33.0 Å². The monoisotopic (exact) mass is 583 g/mol. The molecule has 2 N–H and O–H groups in total. The molecule has 1 saturated heterocycles. The molecule has 1 saturated carbocycles. The van der Waals surface area contributed by atoms with Gasteiger partial charge in [0.25, 0.3) is 0 Å². The van der Waals surface area contributed by atoms with Gasteiger partial charge in [0.1, 0.15) is 16.6 Å². The van der Waals surface area contributed by atoms with Crippen molar-refractivity contribution in [1.29, 1.82) is 0 Å². The molecule has 0 amide bonds. The molecule has 9 nitrogen and oxygen atoms in total. The SMILES string of the molecule is CCN1CCN(c2cc3c(cc2Nc2nnc(-c4cccc(C(=O)O)c4)s2)nc(-c2ccccc2F)n3C2CC2)CC1. The largest absolute Gasteiger partial charge is 0.478 e. The van der Waals surface area contributed by atoms with Crippen molar-refractivity contribution in [1.82, 2.24) is 24.6 Å². The van der Waals surface area contributed by atoms with Gasteiger partial charge in [-0.2, -0.15) is 0 Å². The van der Waals surface area contributed by atoms with E-state index in [0.29, 0.717) is 33.1 Å². The van der Waals surface area contributed by atoms with Crippen molar-refractivity contribution in [3.63, 3.8) is 0 Å². The zero-order valence-corrected chi connectivity index (χ0v) is 23.9. The number of fused-ring (bicyclic) bond motifs is 1. The van der Waals surface area contributed by atoms with E-state index in [1.54, 1.807) is 30.3 Å². The lowest BCUT2D eigenvalue weighted by atomic mass is 10.1. The number of imidazole rings is 1. The van der Waals surface area contributed by atoms with E-state index in [2.05, 4.69) is 42.9 Å². The summed E-state index contributed by atoms with van der Waals surface area (Å²) in [5.74, 6) is -0.612. The first-order valence-electron chi connectivity index (χ1n) is 14.2. The number of nitrogens with zero attached hydrogens (tertiary/aromatic N) is 6. The lowest BCUT2D eigenvalue weighted by Gasteiger charge is -2.36. The summed E-state index contributed by atoms with van der Waals surface area (Å²) in [6.07, 6.45) is 2.10. The number of anilines is 3. The molecule has 0 unspecified atom stereocenters. The first kappa shape index (κ1) is 26.5. The molecule has 5 aromatic rings. The normalized spacial score (nSPS) is 15.8. The first-order valence-corrected chi connectivity index (χ1v) is 15.0. The van der Waals surface area contributed by atoms with E-state index in [0.717, 1.165) is 68.0 Å². The number of piperazine rings is 1. The van der Waals surface area contributed by atoms with Crippen LogP contribution in [0.3, 0.4) is 0 Å². The van der Waals surface area contributed by atoms with E-state index < -0.39 is 5.97 Å². The molecule has 7 rings (SSSR count). The molecule has 0 spiro atoms. The minimum atomic E-state index is -0.985. The average molecular weight is 584 g/mol. The number of carboxylic acids is 1. The number of benzene rings is 3. The minimum absolute atomic E-state index is 0.202. The van der Waals surface area contributed by atoms with Crippen molar-refractivity contribution < 1.29 is 14.3 Å². The number of hydrogen-bond acceptors (Lipinski definition) is 8. The van der Waals surface area contributed by atoms with Crippen LogP contribution >= 0.6 is 11.3 Å². The minimum Gasteiger partial charge on any atom is -0.478 e. The van der Waals surface area contributed by atoms with Gasteiger partial charge in [0.15, 0.2) is 0 Å². The van der Waals surface area contributed by atoms with E-state index in [1.165, 1.54) is 17.4 Å². The summed E-state index contributed by atoms with van der Waals surface area (Å²) in [5, 5.41) is 22.8. The summed E-state index contributed by atoms with van der Waals surface area (Å²) in [4.78, 5) is 21.3. The number of carboxylic acid groups (broad SMARTS) is 1. The fourth-order valence-electron chi connectivity index (χ4n) is 5.62. The topological polar surface area (TPSA) is 99.4 Å². The second-order valence-electron chi connectivity index (χ2n) is 10.7. The molecule has 1 aliphatic heterocycles. The summed E-state index contributed by atoms with van der Waals surface area (Å²) in [6, 6.07) is 18.0. The Labute approximate surface area is 246 Å². The Hall–Kier alpha value is -4.35. The standard InChI is InChI=1S/C31H30FN7O2S/c1-2-37-12-14-38(15-13-37)26-18-27-25(33-28(39(27)21-10-11-21)22-8-3-4-9-23(22)32)17-24(26)34-31-36-35-29(42-31)19-6-5-7-20(16-19)30(40)41/h3-9,16-18,21H,2,10-15H2,1H3,(H,34,36)(H,40,41). The summed E-state index contributed by atoms with van der Waals surface area (Å²) in [7, 11) is 0. The van der Waals surface area contributed by atoms with Crippen molar-refractivity contribution in [3.05, 3.63) is 72.0 Å². The van der Waals surface area contributed by atoms with Gasteiger partial charge in [-0.3, -0.25) is 0 Å². The van der Waals surface area contributed by atoms with Gasteiger partial charge in [-0.15, -0.1) is 10.2 Å². The number of halogens is 1. The second kappa shape index (κ2) is 10.8. The van der Waals surface area contributed by atoms with E-state index in [9.17, 15) is 14.3 Å². The summed E-state index contributed by atoms with van der Waals surface area (Å²) in [5.41, 5.74) is 5.10. The molecule has 0 radical (unpaired) electrons. The van der Waals surface area contributed by atoms with E-state index in [-0.39, 0.29) is 11.4 Å². The molecule has 0 atom stereocenters. The summed E-state index contributed by atoms with van der Waals surface area (Å²) >= 11 is 1.36. The molecule has 11 heteroatoms. The van der Waals surface area contributed by atoms with E-state index in [4.69, 9.17) is 4.98 Å². The molecule has 0 bridgehead atoms. The Morgan fingerprint density at radius 2 is 1.86 bits per heavy atom. The van der Waals surface area contributed by atoms with Crippen LogP contribution in [0.15, 0.2) is 60.7 Å². The molecule has 3 heterocycles. The van der Waals surface area contributed by atoms with Crippen LogP contribution in [0.1, 0.15) is 36.2 Å². The van der Waals surface area contributed by atoms with Crippen molar-refractivity contribution in [2.75, 3.05) is 42.9 Å². The quantitative estimate of drug-likeness (QED) is 0.220. The van der Waals surface area contributed by atoms with Crippen molar-refractivity contribution in [2.24, 2.45) is 0 Å². The van der Waals surface area contributed by atoms with Crippen molar-refractivity contribution in [3.8, 4) is 22.0 Å². The number of hydrogen-bond donors (Lipinski definition) is 2. The molecule has 2 aliphatic rings. The van der Waals surface area contributed by atoms with Gasteiger partial charge in [-0.05, 0) is 55.8 Å². The molecule has 214 valence electrons. The lowest BCUT2D eigenvalue weighted by molar-refractivity contribution is 0.0697. The van der Waals surface area contributed by atoms with Gasteiger partial charge in [0, 0.05) is 37.8 Å². The third-order valence-corrected chi connectivity index (χ3v) is 8.90. The molecule has 1 aliphatic carbocycles. The third kappa shape index (κ3) is 4.99. The maximum absolute atomic E-state index is 15.0. The van der Waals surface area contributed by atoms with Gasteiger partial charge in [-0.1, -0.05) is 42.5 Å². The second-order valence-corrected chi connectivity index (χ2v) is 11.7. The fraction of sp³-hybridized carbons (Fsp3) is 0.290. The van der Waals surface area contributed by atoms with Crippen molar-refractivity contribution >= 4 is 44.8 Å². The Morgan fingerprint density at radius 3 is 2.60 bits per heavy atom. The highest BCUT2D eigenvalue weighted by atomic mass is 32.1. The number of aromatic carboxylic acids is 1. The first-order chi connectivity index (χ1) is 20.5. The van der Waals surface area contributed by atoms with Crippen LogP contribution in [0.2, 0.25) is 0 Å². The van der Waals surface area contributed by atoms with E-state index in [1.807, 2.05) is 18.2 Å². The van der Waals surface area contributed by atoms with Crippen LogP contribution in [0.4, 0.5) is 20.9 Å². The number of rotatable bonds is 8.